The number of nitrogens with zero attached hydrogens (tertiary/aromatic N) is 3. The first-order chi connectivity index (χ1) is 9.47. The molecule has 2 rings (SSSR count). The molecule has 0 aliphatic heterocycles. The molecule has 0 fully saturated rings. The molecule has 0 aliphatic rings. The van der Waals surface area contributed by atoms with Crippen LogP contribution < -0.4 is 10.6 Å². The molecule has 0 amide bonds. The lowest BCUT2D eigenvalue weighted by molar-refractivity contribution is 0.449. The third kappa shape index (κ3) is 3.14. The van der Waals surface area contributed by atoms with Crippen LogP contribution in [0.5, 0.6) is 0 Å². The lowest BCUT2D eigenvalue weighted by atomic mass is 10.3. The van der Waals surface area contributed by atoms with Crippen molar-refractivity contribution in [1.29, 1.82) is 0 Å². The van der Waals surface area contributed by atoms with Crippen molar-refractivity contribution in [2.75, 3.05) is 10.6 Å². The van der Waals surface area contributed by atoms with Gasteiger partial charge in [0.1, 0.15) is 0 Å². The standard InChI is InChI=1S/C12H12F3N5/c1-6(2)17-9-5-16-20-12(19-9)18-8-4-3-7(13)10(14)11(8)15/h3-6H,1-2H3,(H2,17,18,19,20). The van der Waals surface area contributed by atoms with Crippen molar-refractivity contribution in [2.24, 2.45) is 0 Å². The van der Waals surface area contributed by atoms with Gasteiger partial charge in [0.05, 0.1) is 11.9 Å². The zero-order valence-corrected chi connectivity index (χ0v) is 10.8. The third-order valence-electron chi connectivity index (χ3n) is 2.28. The van der Waals surface area contributed by atoms with E-state index in [9.17, 15) is 13.2 Å². The van der Waals surface area contributed by atoms with Crippen molar-refractivity contribution >= 4 is 17.5 Å². The Hall–Kier alpha value is -2.38. The molecule has 0 saturated heterocycles. The number of hydrogen-bond acceptors (Lipinski definition) is 5. The maximum absolute atomic E-state index is 13.5. The summed E-state index contributed by atoms with van der Waals surface area (Å²) in [5.74, 6) is -3.75. The Balaban J connectivity index is 2.24. The van der Waals surface area contributed by atoms with Gasteiger partial charge in [-0.3, -0.25) is 0 Å². The molecule has 2 N–H and O–H groups in total. The van der Waals surface area contributed by atoms with E-state index in [2.05, 4.69) is 25.8 Å². The minimum absolute atomic E-state index is 0.0273. The fraction of sp³-hybridized carbons (Fsp3) is 0.250. The SMILES string of the molecule is CC(C)Nc1cnnc(Nc2ccc(F)c(F)c2F)n1. The van der Waals surface area contributed by atoms with Gasteiger partial charge in [-0.15, -0.1) is 5.10 Å². The monoisotopic (exact) mass is 283 g/mol. The first-order valence-electron chi connectivity index (χ1n) is 5.84. The van der Waals surface area contributed by atoms with Gasteiger partial charge < -0.3 is 10.6 Å². The van der Waals surface area contributed by atoms with E-state index in [1.807, 2.05) is 13.8 Å². The average Bonchev–Trinajstić information content (AvgIpc) is 2.39. The van der Waals surface area contributed by atoms with Crippen molar-refractivity contribution in [3.63, 3.8) is 0 Å². The van der Waals surface area contributed by atoms with Crippen LogP contribution in [-0.2, 0) is 0 Å². The van der Waals surface area contributed by atoms with Crippen LogP contribution in [0.1, 0.15) is 13.8 Å². The summed E-state index contributed by atoms with van der Waals surface area (Å²) in [5.41, 5.74) is -0.271. The fourth-order valence-electron chi connectivity index (χ4n) is 1.46. The minimum atomic E-state index is -1.56. The van der Waals surface area contributed by atoms with Crippen LogP contribution in [0.3, 0.4) is 0 Å². The molecule has 0 radical (unpaired) electrons. The van der Waals surface area contributed by atoms with E-state index < -0.39 is 17.5 Å². The Morgan fingerprint density at radius 1 is 1.10 bits per heavy atom. The van der Waals surface area contributed by atoms with E-state index in [1.165, 1.54) is 6.20 Å². The number of anilines is 3. The molecule has 0 bridgehead atoms. The van der Waals surface area contributed by atoms with Gasteiger partial charge >= 0.3 is 0 Å². The molecule has 8 heteroatoms. The number of rotatable bonds is 4. The van der Waals surface area contributed by atoms with Gasteiger partial charge in [0.2, 0.25) is 5.95 Å². The summed E-state index contributed by atoms with van der Waals surface area (Å²) in [4.78, 5) is 4.02. The van der Waals surface area contributed by atoms with Crippen molar-refractivity contribution in [3.05, 3.63) is 35.8 Å². The molecular formula is C12H12F3N5. The highest BCUT2D eigenvalue weighted by Gasteiger charge is 2.14. The van der Waals surface area contributed by atoms with Gasteiger partial charge in [0.25, 0.3) is 0 Å². The van der Waals surface area contributed by atoms with Crippen LogP contribution in [0, 0.1) is 17.5 Å². The molecule has 1 aromatic heterocycles. The van der Waals surface area contributed by atoms with E-state index in [0.717, 1.165) is 12.1 Å². The molecule has 5 nitrogen and oxygen atoms in total. The third-order valence-corrected chi connectivity index (χ3v) is 2.28. The van der Waals surface area contributed by atoms with Crippen LogP contribution in [0.2, 0.25) is 0 Å². The fourth-order valence-corrected chi connectivity index (χ4v) is 1.46. The highest BCUT2D eigenvalue weighted by atomic mass is 19.2. The second-order valence-electron chi connectivity index (χ2n) is 4.31. The lowest BCUT2D eigenvalue weighted by Crippen LogP contribution is -2.12. The molecule has 2 aromatic rings. The summed E-state index contributed by atoms with van der Waals surface area (Å²) in [6, 6.07) is 1.99. The molecule has 1 aromatic carbocycles. The second-order valence-corrected chi connectivity index (χ2v) is 4.31. The van der Waals surface area contributed by atoms with Crippen molar-refractivity contribution in [2.45, 2.75) is 19.9 Å². The number of hydrogen-bond donors (Lipinski definition) is 2. The van der Waals surface area contributed by atoms with Crippen LogP contribution in [0.25, 0.3) is 0 Å². The zero-order chi connectivity index (χ0) is 14.7. The Labute approximate surface area is 113 Å². The molecule has 0 spiro atoms. The number of aromatic nitrogens is 3. The van der Waals surface area contributed by atoms with Crippen LogP contribution >= 0.6 is 0 Å². The first-order valence-corrected chi connectivity index (χ1v) is 5.84. The molecule has 0 unspecified atom stereocenters. The first kappa shape index (κ1) is 14.0. The van der Waals surface area contributed by atoms with Gasteiger partial charge in [-0.25, -0.2) is 13.2 Å². The Morgan fingerprint density at radius 3 is 2.55 bits per heavy atom. The summed E-state index contributed by atoms with van der Waals surface area (Å²) in [7, 11) is 0. The van der Waals surface area contributed by atoms with Gasteiger partial charge in [0, 0.05) is 6.04 Å². The summed E-state index contributed by atoms with van der Waals surface area (Å²) in [6.07, 6.45) is 1.40. The lowest BCUT2D eigenvalue weighted by Gasteiger charge is -2.10. The van der Waals surface area contributed by atoms with E-state index in [4.69, 9.17) is 0 Å². The van der Waals surface area contributed by atoms with Crippen LogP contribution in [0.15, 0.2) is 18.3 Å². The van der Waals surface area contributed by atoms with E-state index in [1.54, 1.807) is 0 Å². The summed E-state index contributed by atoms with van der Waals surface area (Å²) in [5, 5.41) is 12.7. The molecule has 0 atom stereocenters. The van der Waals surface area contributed by atoms with Crippen molar-refractivity contribution in [3.8, 4) is 0 Å². The highest BCUT2D eigenvalue weighted by Crippen LogP contribution is 2.22. The molecule has 1 heterocycles. The van der Waals surface area contributed by atoms with Crippen molar-refractivity contribution in [1.82, 2.24) is 15.2 Å². The molecule has 106 valence electrons. The Morgan fingerprint density at radius 2 is 1.85 bits per heavy atom. The Kier molecular flexibility index (Phi) is 4.02. The summed E-state index contributed by atoms with van der Waals surface area (Å²) in [6.45, 7) is 3.81. The smallest absolute Gasteiger partial charge is 0.249 e. The predicted molar refractivity (Wildman–Crippen MR) is 68.2 cm³/mol. The maximum Gasteiger partial charge on any atom is 0.249 e. The number of halogens is 3. The number of nitrogens with one attached hydrogen (secondary N) is 2. The van der Waals surface area contributed by atoms with Gasteiger partial charge in [-0.05, 0) is 26.0 Å². The van der Waals surface area contributed by atoms with Gasteiger partial charge in [-0.1, -0.05) is 0 Å². The largest absolute Gasteiger partial charge is 0.366 e. The molecular weight excluding hydrogens is 271 g/mol. The highest BCUT2D eigenvalue weighted by molar-refractivity contribution is 5.55. The zero-order valence-electron chi connectivity index (χ0n) is 10.8. The second kappa shape index (κ2) is 5.72. The normalized spacial score (nSPS) is 10.7. The average molecular weight is 283 g/mol. The summed E-state index contributed by atoms with van der Waals surface area (Å²) < 4.78 is 39.4. The molecule has 20 heavy (non-hydrogen) atoms. The Bertz CT molecular complexity index is 618. The van der Waals surface area contributed by atoms with E-state index >= 15 is 0 Å². The minimum Gasteiger partial charge on any atom is -0.366 e. The van der Waals surface area contributed by atoms with Crippen LogP contribution in [-0.4, -0.2) is 21.2 Å². The molecule has 0 aliphatic carbocycles. The quantitative estimate of drug-likeness (QED) is 0.845. The maximum atomic E-state index is 13.5. The molecule has 0 saturated carbocycles. The van der Waals surface area contributed by atoms with E-state index in [0.29, 0.717) is 5.82 Å². The number of benzene rings is 1. The topological polar surface area (TPSA) is 62.7 Å². The van der Waals surface area contributed by atoms with Gasteiger partial charge in [0.15, 0.2) is 23.3 Å². The van der Waals surface area contributed by atoms with E-state index in [-0.39, 0.29) is 17.7 Å². The van der Waals surface area contributed by atoms with Crippen molar-refractivity contribution < 1.29 is 13.2 Å². The predicted octanol–water partition coefficient (Wildman–Crippen LogP) is 2.85. The van der Waals surface area contributed by atoms with Gasteiger partial charge in [-0.2, -0.15) is 10.1 Å². The van der Waals surface area contributed by atoms with Crippen LogP contribution in [0.4, 0.5) is 30.6 Å². The summed E-state index contributed by atoms with van der Waals surface area (Å²) >= 11 is 0.